The van der Waals surface area contributed by atoms with Crippen molar-refractivity contribution < 1.29 is 4.74 Å². The zero-order valence-electron chi connectivity index (χ0n) is 12.8. The van der Waals surface area contributed by atoms with Gasteiger partial charge in [-0.1, -0.05) is 60.7 Å². The number of nitrogens with zero attached hydrogens (tertiary/aromatic N) is 3. The van der Waals surface area contributed by atoms with E-state index in [2.05, 4.69) is 19.9 Å². The number of H-pyrrole nitrogens is 1. The third kappa shape index (κ3) is 2.77. The average molecular weight is 317 g/mol. The van der Waals surface area contributed by atoms with Crippen LogP contribution in [0.15, 0.2) is 60.7 Å². The number of imidazole rings is 1. The van der Waals surface area contributed by atoms with E-state index in [0.29, 0.717) is 29.5 Å². The smallest absolute Gasteiger partial charge is 0.245 e. The van der Waals surface area contributed by atoms with Gasteiger partial charge in [-0.25, -0.2) is 4.98 Å². The third-order valence-corrected chi connectivity index (χ3v) is 3.60. The summed E-state index contributed by atoms with van der Waals surface area (Å²) in [6.07, 6.45) is 0. The Labute approximate surface area is 138 Å². The molecule has 4 aromatic rings. The molecule has 0 unspecified atom stereocenters. The number of hydrogen-bond acceptors (Lipinski definition) is 5. The van der Waals surface area contributed by atoms with Crippen molar-refractivity contribution in [3.8, 4) is 17.3 Å². The summed E-state index contributed by atoms with van der Waals surface area (Å²) in [6.45, 7) is 0.395. The first-order valence-corrected chi connectivity index (χ1v) is 7.55. The largest absolute Gasteiger partial charge is 0.471 e. The first kappa shape index (κ1) is 14.2. The van der Waals surface area contributed by atoms with Gasteiger partial charge in [0.2, 0.25) is 11.8 Å². The second-order valence-corrected chi connectivity index (χ2v) is 5.31. The highest BCUT2D eigenvalue weighted by Gasteiger charge is 2.14. The Hall–Kier alpha value is -3.41. The van der Waals surface area contributed by atoms with Gasteiger partial charge in [-0.3, -0.25) is 0 Å². The Morgan fingerprint density at radius 2 is 1.58 bits per heavy atom. The predicted molar refractivity (Wildman–Crippen MR) is 92.3 cm³/mol. The average Bonchev–Trinajstić information content (AvgIpc) is 3.05. The Morgan fingerprint density at radius 3 is 2.33 bits per heavy atom. The van der Waals surface area contributed by atoms with Crippen LogP contribution in [0.3, 0.4) is 0 Å². The van der Waals surface area contributed by atoms with E-state index in [1.807, 2.05) is 60.7 Å². The number of rotatable bonds is 4. The van der Waals surface area contributed by atoms with E-state index < -0.39 is 0 Å². The molecule has 0 fully saturated rings. The van der Waals surface area contributed by atoms with E-state index in [-0.39, 0.29) is 5.95 Å². The molecule has 118 valence electrons. The zero-order valence-corrected chi connectivity index (χ0v) is 12.8. The Morgan fingerprint density at radius 1 is 0.875 bits per heavy atom. The Bertz CT molecular complexity index is 967. The van der Waals surface area contributed by atoms with Crippen molar-refractivity contribution in [3.05, 3.63) is 66.2 Å². The number of ether oxygens (including phenoxy) is 1. The lowest BCUT2D eigenvalue weighted by atomic mass is 10.2. The van der Waals surface area contributed by atoms with Crippen molar-refractivity contribution in [1.82, 2.24) is 19.9 Å². The molecule has 0 spiro atoms. The van der Waals surface area contributed by atoms with Gasteiger partial charge in [0.25, 0.3) is 0 Å². The van der Waals surface area contributed by atoms with Crippen molar-refractivity contribution in [3.63, 3.8) is 0 Å². The van der Waals surface area contributed by atoms with E-state index >= 15 is 0 Å². The lowest BCUT2D eigenvalue weighted by Gasteiger charge is -2.06. The normalized spacial score (nSPS) is 10.8. The molecule has 0 aliphatic carbocycles. The molecule has 6 heteroatoms. The lowest BCUT2D eigenvalue weighted by molar-refractivity contribution is 0.297. The standard InChI is InChI=1S/C18H15N5O/c19-18-22-16-14(20-15(21-16)13-9-5-2-6-10-13)17(23-18)24-11-12-7-3-1-4-8-12/h1-10H,11H2,(H3,19,20,21,22,23). The fraction of sp³-hybridized carbons (Fsp3) is 0.0556. The second kappa shape index (κ2) is 6.00. The van der Waals surface area contributed by atoms with Crippen LogP contribution >= 0.6 is 0 Å². The van der Waals surface area contributed by atoms with E-state index in [4.69, 9.17) is 10.5 Å². The van der Waals surface area contributed by atoms with Gasteiger partial charge in [-0.2, -0.15) is 9.97 Å². The zero-order chi connectivity index (χ0) is 16.4. The van der Waals surface area contributed by atoms with Crippen LogP contribution in [0.25, 0.3) is 22.6 Å². The maximum atomic E-state index is 5.83. The Balaban J connectivity index is 1.71. The third-order valence-electron chi connectivity index (χ3n) is 3.60. The van der Waals surface area contributed by atoms with Gasteiger partial charge in [-0.15, -0.1) is 0 Å². The summed E-state index contributed by atoms with van der Waals surface area (Å²) < 4.78 is 5.83. The van der Waals surface area contributed by atoms with Gasteiger partial charge in [0.1, 0.15) is 17.9 Å². The number of anilines is 1. The monoisotopic (exact) mass is 317 g/mol. The highest BCUT2D eigenvalue weighted by molar-refractivity contribution is 5.81. The van der Waals surface area contributed by atoms with Crippen LogP contribution in [0.4, 0.5) is 5.95 Å². The Kier molecular flexibility index (Phi) is 3.55. The molecule has 0 amide bonds. The summed E-state index contributed by atoms with van der Waals surface area (Å²) in [5, 5.41) is 0. The number of nitrogens with two attached hydrogens (primary N) is 1. The SMILES string of the molecule is Nc1nc(OCc2ccccc2)c2[nH]c(-c3ccccc3)nc2n1. The van der Waals surface area contributed by atoms with Crippen molar-refractivity contribution in [2.24, 2.45) is 0 Å². The summed E-state index contributed by atoms with van der Waals surface area (Å²) in [6, 6.07) is 19.7. The van der Waals surface area contributed by atoms with Gasteiger partial charge in [-0.05, 0) is 5.56 Å². The molecule has 0 saturated heterocycles. The number of aromatic amines is 1. The van der Waals surface area contributed by atoms with Crippen LogP contribution in [0.5, 0.6) is 5.88 Å². The molecule has 0 bridgehead atoms. The first-order valence-electron chi connectivity index (χ1n) is 7.55. The summed E-state index contributed by atoms with van der Waals surface area (Å²) in [7, 11) is 0. The molecule has 0 atom stereocenters. The number of nitrogens with one attached hydrogen (secondary N) is 1. The lowest BCUT2D eigenvalue weighted by Crippen LogP contribution is -2.02. The molecule has 2 aromatic carbocycles. The summed E-state index contributed by atoms with van der Waals surface area (Å²) in [5.41, 5.74) is 8.92. The summed E-state index contributed by atoms with van der Waals surface area (Å²) in [4.78, 5) is 16.1. The van der Waals surface area contributed by atoms with Crippen LogP contribution in [-0.4, -0.2) is 19.9 Å². The molecule has 0 radical (unpaired) electrons. The molecule has 6 nitrogen and oxygen atoms in total. The van der Waals surface area contributed by atoms with Gasteiger partial charge in [0.05, 0.1) is 0 Å². The fourth-order valence-corrected chi connectivity index (χ4v) is 2.45. The van der Waals surface area contributed by atoms with Crippen LogP contribution in [0.1, 0.15) is 5.56 Å². The molecule has 2 aromatic heterocycles. The van der Waals surface area contributed by atoms with E-state index in [0.717, 1.165) is 11.1 Å². The molecule has 0 aliphatic heterocycles. The van der Waals surface area contributed by atoms with Crippen LogP contribution in [0, 0.1) is 0 Å². The molecule has 24 heavy (non-hydrogen) atoms. The van der Waals surface area contributed by atoms with Gasteiger partial charge in [0, 0.05) is 5.56 Å². The highest BCUT2D eigenvalue weighted by atomic mass is 16.5. The second-order valence-electron chi connectivity index (χ2n) is 5.31. The highest BCUT2D eigenvalue weighted by Crippen LogP contribution is 2.26. The van der Waals surface area contributed by atoms with Crippen molar-refractivity contribution in [1.29, 1.82) is 0 Å². The number of nitrogen functional groups attached to an aromatic ring is 1. The number of hydrogen-bond donors (Lipinski definition) is 2. The van der Waals surface area contributed by atoms with Crippen molar-refractivity contribution >= 4 is 17.1 Å². The molecule has 0 aliphatic rings. The van der Waals surface area contributed by atoms with Gasteiger partial charge >= 0.3 is 0 Å². The molecule has 0 saturated carbocycles. The fourth-order valence-electron chi connectivity index (χ4n) is 2.45. The van der Waals surface area contributed by atoms with Crippen LogP contribution < -0.4 is 10.5 Å². The molecular weight excluding hydrogens is 302 g/mol. The van der Waals surface area contributed by atoms with E-state index in [9.17, 15) is 0 Å². The van der Waals surface area contributed by atoms with E-state index in [1.54, 1.807) is 0 Å². The van der Waals surface area contributed by atoms with Crippen LogP contribution in [0.2, 0.25) is 0 Å². The maximum absolute atomic E-state index is 5.83. The molecule has 3 N–H and O–H groups in total. The topological polar surface area (TPSA) is 89.7 Å². The number of benzene rings is 2. The van der Waals surface area contributed by atoms with Gasteiger partial charge in [0.15, 0.2) is 5.65 Å². The predicted octanol–water partition coefficient (Wildman–Crippen LogP) is 3.18. The molecule has 4 rings (SSSR count). The minimum atomic E-state index is 0.136. The summed E-state index contributed by atoms with van der Waals surface area (Å²) in [5.74, 6) is 1.24. The number of aromatic nitrogens is 4. The van der Waals surface area contributed by atoms with E-state index in [1.165, 1.54) is 0 Å². The van der Waals surface area contributed by atoms with Crippen molar-refractivity contribution in [2.45, 2.75) is 6.61 Å². The molecule has 2 heterocycles. The maximum Gasteiger partial charge on any atom is 0.245 e. The van der Waals surface area contributed by atoms with Gasteiger partial charge < -0.3 is 15.5 Å². The minimum absolute atomic E-state index is 0.136. The van der Waals surface area contributed by atoms with Crippen molar-refractivity contribution in [2.75, 3.05) is 5.73 Å². The molecular formula is C18H15N5O. The summed E-state index contributed by atoms with van der Waals surface area (Å²) >= 11 is 0. The number of fused-ring (bicyclic) bond motifs is 1. The quantitative estimate of drug-likeness (QED) is 0.603. The minimum Gasteiger partial charge on any atom is -0.471 e. The first-order chi connectivity index (χ1) is 11.8. The van der Waals surface area contributed by atoms with Crippen LogP contribution in [-0.2, 0) is 6.61 Å².